The molecule has 0 radical (unpaired) electrons. The summed E-state index contributed by atoms with van der Waals surface area (Å²) in [6, 6.07) is 21.5. The highest BCUT2D eigenvalue weighted by atomic mass is 19.1. The van der Waals surface area contributed by atoms with Crippen LogP contribution in [-0.4, -0.2) is 11.6 Å². The van der Waals surface area contributed by atoms with Crippen molar-refractivity contribution >= 4 is 11.6 Å². The van der Waals surface area contributed by atoms with E-state index < -0.39 is 17.5 Å². The number of ether oxygens (including phenoxy) is 2. The number of nitriles is 1. The first-order valence-electron chi connectivity index (χ1n) is 10.5. The Labute approximate surface area is 194 Å². The fourth-order valence-electron chi connectivity index (χ4n) is 4.17. The number of fused-ring (bicyclic) bond motifs is 1. The molecule has 0 bridgehead atoms. The van der Waals surface area contributed by atoms with Crippen LogP contribution in [0, 0.1) is 17.1 Å². The van der Waals surface area contributed by atoms with Crippen molar-refractivity contribution in [1.82, 2.24) is 0 Å². The lowest BCUT2D eigenvalue weighted by molar-refractivity contribution is 0.0897. The van der Waals surface area contributed by atoms with Crippen LogP contribution in [0.5, 0.6) is 5.75 Å². The summed E-state index contributed by atoms with van der Waals surface area (Å²) in [4.78, 5) is 26.5. The van der Waals surface area contributed by atoms with Gasteiger partial charge in [-0.05, 0) is 23.8 Å². The molecule has 1 aliphatic carbocycles. The molecule has 0 amide bonds. The number of allylic oxidation sites excluding steroid dienone is 3. The highest BCUT2D eigenvalue weighted by Crippen LogP contribution is 2.44. The van der Waals surface area contributed by atoms with Crippen LogP contribution in [-0.2, 0) is 11.3 Å². The number of ketones is 2. The van der Waals surface area contributed by atoms with E-state index in [4.69, 9.17) is 15.2 Å². The highest BCUT2D eigenvalue weighted by molar-refractivity contribution is 6.27. The van der Waals surface area contributed by atoms with E-state index in [1.165, 1.54) is 6.07 Å². The Hall–Kier alpha value is -4.70. The maximum atomic E-state index is 13.8. The Balaban J connectivity index is 1.50. The molecular formula is C27H17FN2O4. The van der Waals surface area contributed by atoms with Gasteiger partial charge in [0.25, 0.3) is 0 Å². The van der Waals surface area contributed by atoms with Crippen molar-refractivity contribution in [2.24, 2.45) is 5.73 Å². The second-order valence-electron chi connectivity index (χ2n) is 7.82. The largest absolute Gasteiger partial charge is 0.489 e. The summed E-state index contributed by atoms with van der Waals surface area (Å²) in [5.41, 5.74) is 7.57. The molecule has 7 heteroatoms. The van der Waals surface area contributed by atoms with E-state index in [2.05, 4.69) is 0 Å². The molecule has 0 spiro atoms. The van der Waals surface area contributed by atoms with E-state index in [1.807, 2.05) is 6.07 Å². The highest BCUT2D eigenvalue weighted by Gasteiger charge is 2.43. The number of Topliss-reactive ketones (excluding diaryl/α,β-unsaturated/α-hetero) is 2. The second kappa shape index (κ2) is 8.34. The fourth-order valence-corrected chi connectivity index (χ4v) is 4.17. The van der Waals surface area contributed by atoms with Gasteiger partial charge in [0.1, 0.15) is 29.8 Å². The van der Waals surface area contributed by atoms with E-state index in [9.17, 15) is 19.2 Å². The van der Waals surface area contributed by atoms with Crippen LogP contribution in [0.15, 0.2) is 95.6 Å². The van der Waals surface area contributed by atoms with Gasteiger partial charge in [0.2, 0.25) is 11.7 Å². The molecule has 2 aliphatic rings. The van der Waals surface area contributed by atoms with Crippen molar-refractivity contribution in [3.63, 3.8) is 0 Å². The molecule has 5 rings (SSSR count). The van der Waals surface area contributed by atoms with Crippen LogP contribution in [0.4, 0.5) is 4.39 Å². The molecule has 2 N–H and O–H groups in total. The molecule has 1 atom stereocenters. The van der Waals surface area contributed by atoms with Gasteiger partial charge < -0.3 is 15.2 Å². The number of hydrogen-bond donors (Lipinski definition) is 1. The Bertz CT molecular complexity index is 1450. The van der Waals surface area contributed by atoms with Gasteiger partial charge in [-0.15, -0.1) is 0 Å². The number of nitrogens with zero attached hydrogens (tertiary/aromatic N) is 1. The van der Waals surface area contributed by atoms with Gasteiger partial charge in [0, 0.05) is 16.7 Å². The lowest BCUT2D eigenvalue weighted by Gasteiger charge is -2.31. The Kier molecular flexibility index (Phi) is 5.19. The monoisotopic (exact) mass is 452 g/mol. The summed E-state index contributed by atoms with van der Waals surface area (Å²) in [5.74, 6) is -1.99. The third-order valence-corrected chi connectivity index (χ3v) is 5.85. The summed E-state index contributed by atoms with van der Waals surface area (Å²) < 4.78 is 25.0. The number of benzene rings is 3. The standard InChI is InChI=1S/C27H17FN2O4/c28-21-8-4-1-5-16(21)14-33-17-11-9-15(10-12-17)22-20(13-29)27(30)34-26-23(22)24(31)18-6-2-3-7-19(18)25(26)32/h1-12,22H,14,30H2. The van der Waals surface area contributed by atoms with Crippen molar-refractivity contribution in [2.45, 2.75) is 12.5 Å². The lowest BCUT2D eigenvalue weighted by atomic mass is 9.75. The molecule has 3 aromatic carbocycles. The van der Waals surface area contributed by atoms with E-state index in [-0.39, 0.29) is 46.3 Å². The first-order chi connectivity index (χ1) is 16.5. The van der Waals surface area contributed by atoms with Crippen LogP contribution in [0.3, 0.4) is 0 Å². The average molecular weight is 452 g/mol. The maximum absolute atomic E-state index is 13.8. The number of carbonyl (C=O) groups excluding carboxylic acids is 2. The first-order valence-corrected chi connectivity index (χ1v) is 10.5. The summed E-state index contributed by atoms with van der Waals surface area (Å²) in [6.07, 6.45) is 0. The predicted molar refractivity (Wildman–Crippen MR) is 120 cm³/mol. The lowest BCUT2D eigenvalue weighted by Crippen LogP contribution is -2.32. The van der Waals surface area contributed by atoms with Gasteiger partial charge >= 0.3 is 0 Å². The van der Waals surface area contributed by atoms with Crippen molar-refractivity contribution in [1.29, 1.82) is 5.26 Å². The van der Waals surface area contributed by atoms with E-state index in [1.54, 1.807) is 66.7 Å². The molecule has 0 saturated heterocycles. The minimum Gasteiger partial charge on any atom is -0.489 e. The normalized spacial score (nSPS) is 17.0. The van der Waals surface area contributed by atoms with Gasteiger partial charge in [0.15, 0.2) is 11.5 Å². The van der Waals surface area contributed by atoms with Crippen molar-refractivity contribution < 1.29 is 23.5 Å². The SMILES string of the molecule is N#CC1=C(N)OC2=C(C(=O)c3ccccc3C2=O)C1c1ccc(OCc2ccccc2F)cc1. The van der Waals surface area contributed by atoms with Crippen LogP contribution in [0.2, 0.25) is 0 Å². The Morgan fingerprint density at radius 1 is 0.941 bits per heavy atom. The summed E-state index contributed by atoms with van der Waals surface area (Å²) in [7, 11) is 0. The number of hydrogen-bond acceptors (Lipinski definition) is 6. The zero-order valence-corrected chi connectivity index (χ0v) is 17.7. The molecule has 1 unspecified atom stereocenters. The number of halogens is 1. The summed E-state index contributed by atoms with van der Waals surface area (Å²) >= 11 is 0. The zero-order chi connectivity index (χ0) is 23.8. The zero-order valence-electron chi connectivity index (χ0n) is 17.7. The van der Waals surface area contributed by atoms with Crippen LogP contribution >= 0.6 is 0 Å². The second-order valence-corrected chi connectivity index (χ2v) is 7.82. The quantitative estimate of drug-likeness (QED) is 0.623. The molecule has 3 aromatic rings. The van der Waals surface area contributed by atoms with Crippen LogP contribution in [0.1, 0.15) is 37.8 Å². The van der Waals surface area contributed by atoms with Gasteiger partial charge in [-0.3, -0.25) is 9.59 Å². The first kappa shape index (κ1) is 21.2. The minimum absolute atomic E-state index is 0.0403. The number of carbonyl (C=O) groups is 2. The molecule has 1 heterocycles. The van der Waals surface area contributed by atoms with Gasteiger partial charge in [0.05, 0.1) is 11.5 Å². The van der Waals surface area contributed by atoms with Crippen molar-refractivity contribution in [3.8, 4) is 11.8 Å². The molecule has 34 heavy (non-hydrogen) atoms. The third-order valence-electron chi connectivity index (χ3n) is 5.85. The Morgan fingerprint density at radius 2 is 1.59 bits per heavy atom. The van der Waals surface area contributed by atoms with Crippen molar-refractivity contribution in [3.05, 3.63) is 124 Å². The average Bonchev–Trinajstić information content (AvgIpc) is 2.86. The predicted octanol–water partition coefficient (Wildman–Crippen LogP) is 4.55. The number of rotatable bonds is 4. The molecule has 6 nitrogen and oxygen atoms in total. The summed E-state index contributed by atoms with van der Waals surface area (Å²) in [5, 5.41) is 9.77. The molecule has 1 aliphatic heterocycles. The minimum atomic E-state index is -0.876. The topological polar surface area (TPSA) is 102 Å². The molecule has 0 saturated carbocycles. The van der Waals surface area contributed by atoms with Gasteiger partial charge in [-0.25, -0.2) is 4.39 Å². The van der Waals surface area contributed by atoms with Crippen LogP contribution in [0.25, 0.3) is 0 Å². The fraction of sp³-hybridized carbons (Fsp3) is 0.0741. The third kappa shape index (κ3) is 3.42. The maximum Gasteiger partial charge on any atom is 0.229 e. The van der Waals surface area contributed by atoms with E-state index >= 15 is 0 Å². The molecular weight excluding hydrogens is 435 g/mol. The van der Waals surface area contributed by atoms with Crippen molar-refractivity contribution in [2.75, 3.05) is 0 Å². The molecule has 166 valence electrons. The molecule has 0 fully saturated rings. The molecule has 0 aromatic heterocycles. The van der Waals surface area contributed by atoms with Crippen LogP contribution < -0.4 is 10.5 Å². The summed E-state index contributed by atoms with van der Waals surface area (Å²) in [6.45, 7) is 0.0403. The van der Waals surface area contributed by atoms with Gasteiger partial charge in [-0.2, -0.15) is 5.26 Å². The Morgan fingerprint density at radius 3 is 2.26 bits per heavy atom. The van der Waals surface area contributed by atoms with Gasteiger partial charge in [-0.1, -0.05) is 54.6 Å². The van der Waals surface area contributed by atoms with E-state index in [0.717, 1.165) is 0 Å². The van der Waals surface area contributed by atoms with E-state index in [0.29, 0.717) is 16.9 Å². The number of nitrogens with two attached hydrogens (primary N) is 1. The smallest absolute Gasteiger partial charge is 0.229 e.